The van der Waals surface area contributed by atoms with Gasteiger partial charge in [-0.15, -0.1) is 0 Å². The lowest BCUT2D eigenvalue weighted by Gasteiger charge is -2.13. The predicted molar refractivity (Wildman–Crippen MR) is 71.7 cm³/mol. The highest BCUT2D eigenvalue weighted by molar-refractivity contribution is 5.21. The van der Waals surface area contributed by atoms with Gasteiger partial charge in [-0.2, -0.15) is 0 Å². The van der Waals surface area contributed by atoms with Gasteiger partial charge in [-0.3, -0.25) is 0 Å². The normalized spacial score (nSPS) is 19.6. The van der Waals surface area contributed by atoms with Crippen LogP contribution in [0.4, 0.5) is 0 Å². The summed E-state index contributed by atoms with van der Waals surface area (Å²) in [4.78, 5) is 0. The molecule has 1 N–H and O–H groups in total. The van der Waals surface area contributed by atoms with E-state index >= 15 is 0 Å². The summed E-state index contributed by atoms with van der Waals surface area (Å²) in [6.45, 7) is 6.67. The Labute approximate surface area is 109 Å². The molecule has 0 radical (unpaired) electrons. The van der Waals surface area contributed by atoms with E-state index in [0.29, 0.717) is 6.10 Å². The van der Waals surface area contributed by atoms with Crippen molar-refractivity contribution in [2.45, 2.75) is 39.0 Å². The van der Waals surface area contributed by atoms with Crippen LogP contribution in [0.15, 0.2) is 12.3 Å². The van der Waals surface area contributed by atoms with Crippen LogP contribution in [0.5, 0.6) is 0 Å². The summed E-state index contributed by atoms with van der Waals surface area (Å²) in [7, 11) is 1.73. The van der Waals surface area contributed by atoms with E-state index in [0.717, 1.165) is 32.8 Å². The van der Waals surface area contributed by atoms with Gasteiger partial charge in [0, 0.05) is 45.2 Å². The average Bonchev–Trinajstić information content (AvgIpc) is 2.99. The van der Waals surface area contributed by atoms with Crippen LogP contribution in [0.1, 0.15) is 24.1 Å². The van der Waals surface area contributed by atoms with E-state index in [1.807, 2.05) is 0 Å². The Kier molecular flexibility index (Phi) is 5.23. The highest BCUT2D eigenvalue weighted by Gasteiger charge is 2.17. The molecule has 4 heteroatoms. The van der Waals surface area contributed by atoms with Crippen LogP contribution < -0.4 is 5.32 Å². The summed E-state index contributed by atoms with van der Waals surface area (Å²) < 4.78 is 13.0. The molecular weight excluding hydrogens is 228 g/mol. The number of methoxy groups -OCH3 is 1. The molecule has 0 spiro atoms. The zero-order chi connectivity index (χ0) is 12.8. The van der Waals surface area contributed by atoms with Crippen molar-refractivity contribution in [3.05, 3.63) is 23.5 Å². The van der Waals surface area contributed by atoms with Crippen molar-refractivity contribution in [3.63, 3.8) is 0 Å². The Morgan fingerprint density at radius 1 is 1.56 bits per heavy atom. The quantitative estimate of drug-likeness (QED) is 0.750. The van der Waals surface area contributed by atoms with Crippen molar-refractivity contribution in [2.75, 3.05) is 26.9 Å². The molecule has 1 atom stereocenters. The minimum Gasteiger partial charge on any atom is -0.383 e. The lowest BCUT2D eigenvalue weighted by atomic mass is 10.2. The van der Waals surface area contributed by atoms with Gasteiger partial charge in [0.25, 0.3) is 0 Å². The molecule has 1 aliphatic heterocycles. The zero-order valence-corrected chi connectivity index (χ0v) is 11.4. The maximum Gasteiger partial charge on any atom is 0.0754 e. The van der Waals surface area contributed by atoms with Gasteiger partial charge in [0.1, 0.15) is 0 Å². The van der Waals surface area contributed by atoms with Crippen molar-refractivity contribution < 1.29 is 9.47 Å². The van der Waals surface area contributed by atoms with Crippen LogP contribution in [-0.2, 0) is 22.6 Å². The van der Waals surface area contributed by atoms with Gasteiger partial charge in [0.05, 0.1) is 12.7 Å². The summed E-state index contributed by atoms with van der Waals surface area (Å²) in [5.41, 5.74) is 2.71. The molecule has 1 fully saturated rings. The number of hydrogen-bond donors (Lipinski definition) is 1. The van der Waals surface area contributed by atoms with E-state index in [-0.39, 0.29) is 0 Å². The van der Waals surface area contributed by atoms with Gasteiger partial charge in [0.15, 0.2) is 0 Å². The molecule has 1 aliphatic rings. The molecule has 0 bridgehead atoms. The molecule has 2 heterocycles. The summed E-state index contributed by atoms with van der Waals surface area (Å²) in [6, 6.07) is 2.20. The first-order valence-corrected chi connectivity index (χ1v) is 6.77. The maximum atomic E-state index is 5.68. The Morgan fingerprint density at radius 2 is 2.44 bits per heavy atom. The van der Waals surface area contributed by atoms with Crippen molar-refractivity contribution >= 4 is 0 Å². The van der Waals surface area contributed by atoms with Crippen LogP contribution >= 0.6 is 0 Å². The van der Waals surface area contributed by atoms with E-state index in [9.17, 15) is 0 Å². The van der Waals surface area contributed by atoms with E-state index in [1.165, 1.54) is 24.1 Å². The molecule has 0 saturated carbocycles. The smallest absolute Gasteiger partial charge is 0.0754 e. The first-order valence-electron chi connectivity index (χ1n) is 6.77. The van der Waals surface area contributed by atoms with E-state index in [1.54, 1.807) is 7.11 Å². The summed E-state index contributed by atoms with van der Waals surface area (Å²) >= 11 is 0. The Morgan fingerprint density at radius 3 is 3.17 bits per heavy atom. The zero-order valence-electron chi connectivity index (χ0n) is 11.4. The fourth-order valence-electron chi connectivity index (χ4n) is 2.39. The van der Waals surface area contributed by atoms with Gasteiger partial charge < -0.3 is 19.4 Å². The van der Waals surface area contributed by atoms with Gasteiger partial charge in [-0.25, -0.2) is 0 Å². The highest BCUT2D eigenvalue weighted by Crippen LogP contribution is 2.17. The maximum absolute atomic E-state index is 5.68. The Balaban J connectivity index is 1.83. The predicted octanol–water partition coefficient (Wildman–Crippen LogP) is 1.71. The molecule has 18 heavy (non-hydrogen) atoms. The third-order valence-electron chi connectivity index (χ3n) is 3.57. The van der Waals surface area contributed by atoms with Gasteiger partial charge in [0.2, 0.25) is 0 Å². The van der Waals surface area contributed by atoms with E-state index < -0.39 is 0 Å². The van der Waals surface area contributed by atoms with Crippen molar-refractivity contribution in [1.82, 2.24) is 9.88 Å². The lowest BCUT2D eigenvalue weighted by molar-refractivity contribution is 0.0966. The molecule has 2 rings (SSSR count). The standard InChI is InChI=1S/C14H24N2O2/c1-12-13(10-15-6-9-17-2)5-7-16(12)11-14-4-3-8-18-14/h5,7,14-15H,3-4,6,8-11H2,1-2H3. The Hall–Kier alpha value is -0.840. The third kappa shape index (κ3) is 3.57. The van der Waals surface area contributed by atoms with E-state index in [4.69, 9.17) is 9.47 Å². The van der Waals surface area contributed by atoms with Crippen LogP contribution in [-0.4, -0.2) is 37.5 Å². The third-order valence-corrected chi connectivity index (χ3v) is 3.57. The minimum absolute atomic E-state index is 0.408. The van der Waals surface area contributed by atoms with Crippen LogP contribution in [0.25, 0.3) is 0 Å². The molecule has 1 aromatic heterocycles. The number of nitrogens with zero attached hydrogens (tertiary/aromatic N) is 1. The minimum atomic E-state index is 0.408. The second kappa shape index (κ2) is 6.92. The van der Waals surface area contributed by atoms with E-state index in [2.05, 4.69) is 29.1 Å². The summed E-state index contributed by atoms with van der Waals surface area (Å²) in [6.07, 6.45) is 4.98. The average molecular weight is 252 g/mol. The molecule has 1 aromatic rings. The SMILES string of the molecule is COCCNCc1ccn(CC2CCCO2)c1C. The number of nitrogens with one attached hydrogen (secondary N) is 1. The summed E-state index contributed by atoms with van der Waals surface area (Å²) in [5, 5.41) is 3.38. The van der Waals surface area contributed by atoms with Crippen LogP contribution in [0.2, 0.25) is 0 Å². The summed E-state index contributed by atoms with van der Waals surface area (Å²) in [5.74, 6) is 0. The molecule has 1 unspecified atom stereocenters. The van der Waals surface area contributed by atoms with Gasteiger partial charge >= 0.3 is 0 Å². The van der Waals surface area contributed by atoms with Crippen molar-refractivity contribution in [1.29, 1.82) is 0 Å². The monoisotopic (exact) mass is 252 g/mol. The molecule has 1 saturated heterocycles. The number of rotatable bonds is 7. The molecule has 0 aliphatic carbocycles. The second-order valence-corrected chi connectivity index (χ2v) is 4.88. The molecule has 102 valence electrons. The fraction of sp³-hybridized carbons (Fsp3) is 0.714. The topological polar surface area (TPSA) is 35.4 Å². The second-order valence-electron chi connectivity index (χ2n) is 4.88. The fourth-order valence-corrected chi connectivity index (χ4v) is 2.39. The van der Waals surface area contributed by atoms with Gasteiger partial charge in [-0.05, 0) is 31.4 Å². The first kappa shape index (κ1) is 13.6. The molecule has 0 amide bonds. The number of hydrogen-bond acceptors (Lipinski definition) is 3. The number of aromatic nitrogens is 1. The first-order chi connectivity index (χ1) is 8.81. The van der Waals surface area contributed by atoms with Crippen LogP contribution in [0, 0.1) is 6.92 Å². The number of ether oxygens (including phenoxy) is 2. The molecule has 0 aromatic carbocycles. The highest BCUT2D eigenvalue weighted by atomic mass is 16.5. The van der Waals surface area contributed by atoms with Crippen molar-refractivity contribution in [3.8, 4) is 0 Å². The molecular formula is C14H24N2O2. The largest absolute Gasteiger partial charge is 0.383 e. The lowest BCUT2D eigenvalue weighted by Crippen LogP contribution is -2.19. The van der Waals surface area contributed by atoms with Crippen molar-refractivity contribution in [2.24, 2.45) is 0 Å². The van der Waals surface area contributed by atoms with Crippen LogP contribution in [0.3, 0.4) is 0 Å². The Bertz CT molecular complexity index is 357. The van der Waals surface area contributed by atoms with Gasteiger partial charge in [-0.1, -0.05) is 0 Å². The molecule has 4 nitrogen and oxygen atoms in total.